The molecule has 1 amide bonds. The van der Waals surface area contributed by atoms with E-state index in [1.807, 2.05) is 19.9 Å². The number of amides is 1. The molecule has 0 spiro atoms. The van der Waals surface area contributed by atoms with Crippen LogP contribution in [0.5, 0.6) is 0 Å². The Morgan fingerprint density at radius 2 is 1.80 bits per heavy atom. The normalized spacial score (nSPS) is 11.6. The van der Waals surface area contributed by atoms with Crippen LogP contribution in [-0.2, 0) is 16.7 Å². The lowest BCUT2D eigenvalue weighted by Crippen LogP contribution is -2.14. The molecule has 2 heterocycles. The van der Waals surface area contributed by atoms with E-state index in [1.54, 1.807) is 0 Å². The molecule has 7 nitrogen and oxygen atoms in total. The number of hydrogen-bond acceptors (Lipinski definition) is 7. The van der Waals surface area contributed by atoms with Gasteiger partial charge in [-0.25, -0.2) is 9.97 Å². The molecular weight excluding hydrogens is 437 g/mol. The number of primary amides is 1. The van der Waals surface area contributed by atoms with Gasteiger partial charge in [-0.05, 0) is 38.1 Å². The number of carbonyl (C=O) groups excluding carboxylic acids is 1. The lowest BCUT2D eigenvalue weighted by molar-refractivity contribution is -0.137. The Morgan fingerprint density at radius 3 is 2.43 bits per heavy atom. The van der Waals surface area contributed by atoms with Crippen LogP contribution in [0.2, 0.25) is 0 Å². The molecular formula is C18H17F3N6OS2. The average Bonchev–Trinajstić information content (AvgIpc) is 3.06. The summed E-state index contributed by atoms with van der Waals surface area (Å²) >= 11 is 2.29. The molecule has 3 rings (SSSR count). The van der Waals surface area contributed by atoms with Gasteiger partial charge in [-0.2, -0.15) is 13.2 Å². The van der Waals surface area contributed by atoms with Crippen molar-refractivity contribution in [3.05, 3.63) is 53.1 Å². The first-order chi connectivity index (χ1) is 14.1. The Morgan fingerprint density at radius 1 is 1.10 bits per heavy atom. The van der Waals surface area contributed by atoms with Crippen molar-refractivity contribution in [1.29, 1.82) is 0 Å². The number of aromatic nitrogens is 5. The number of nitrogens with zero attached hydrogens (tertiary/aromatic N) is 5. The van der Waals surface area contributed by atoms with E-state index in [-0.39, 0.29) is 22.3 Å². The van der Waals surface area contributed by atoms with E-state index in [4.69, 9.17) is 5.73 Å². The summed E-state index contributed by atoms with van der Waals surface area (Å²) in [5.41, 5.74) is 6.25. The number of rotatable bonds is 7. The number of nitrogens with two attached hydrogens (primary N) is 1. The maximum absolute atomic E-state index is 13.2. The molecule has 0 saturated carbocycles. The number of hydrogen-bond donors (Lipinski definition) is 1. The van der Waals surface area contributed by atoms with Gasteiger partial charge in [-0.15, -0.1) is 10.2 Å². The van der Waals surface area contributed by atoms with Gasteiger partial charge in [0.25, 0.3) is 0 Å². The number of alkyl halides is 3. The standard InChI is InChI=1S/C18H17F3N6OS2/c1-10-6-11(2)24-16(23-10)29-9-15-25-26-17(30-8-14(22)28)27(15)13-5-3-4-12(7-13)18(19,20)21/h3-7H,8-9H2,1-2H3,(H2,22,28). The Kier molecular flexibility index (Phi) is 6.66. The Labute approximate surface area is 178 Å². The lowest BCUT2D eigenvalue weighted by atomic mass is 10.2. The van der Waals surface area contributed by atoms with Crippen LogP contribution >= 0.6 is 23.5 Å². The second-order valence-corrected chi connectivity index (χ2v) is 8.14. The zero-order valence-electron chi connectivity index (χ0n) is 16.0. The highest BCUT2D eigenvalue weighted by Crippen LogP contribution is 2.32. The minimum Gasteiger partial charge on any atom is -0.369 e. The van der Waals surface area contributed by atoms with Gasteiger partial charge >= 0.3 is 6.18 Å². The van der Waals surface area contributed by atoms with Crippen molar-refractivity contribution in [1.82, 2.24) is 24.7 Å². The fourth-order valence-corrected chi connectivity index (χ4v) is 4.16. The fourth-order valence-electron chi connectivity index (χ4n) is 2.59. The Hall–Kier alpha value is -2.60. The molecule has 0 aliphatic rings. The van der Waals surface area contributed by atoms with Crippen LogP contribution in [0.3, 0.4) is 0 Å². The molecule has 3 aromatic rings. The van der Waals surface area contributed by atoms with Crippen LogP contribution < -0.4 is 5.73 Å². The summed E-state index contributed by atoms with van der Waals surface area (Å²) in [6, 6.07) is 6.67. The Balaban J connectivity index is 1.96. The summed E-state index contributed by atoms with van der Waals surface area (Å²) in [6.07, 6.45) is -4.49. The number of aryl methyl sites for hydroxylation is 2. The van der Waals surface area contributed by atoms with E-state index < -0.39 is 17.6 Å². The van der Waals surface area contributed by atoms with Gasteiger partial charge in [0, 0.05) is 11.4 Å². The maximum Gasteiger partial charge on any atom is 0.416 e. The number of carbonyl (C=O) groups is 1. The van der Waals surface area contributed by atoms with Crippen molar-refractivity contribution < 1.29 is 18.0 Å². The quantitative estimate of drug-likeness (QED) is 0.430. The van der Waals surface area contributed by atoms with Gasteiger partial charge in [-0.1, -0.05) is 29.6 Å². The van der Waals surface area contributed by atoms with E-state index >= 15 is 0 Å². The van der Waals surface area contributed by atoms with Gasteiger partial charge in [0.15, 0.2) is 10.3 Å². The highest BCUT2D eigenvalue weighted by Gasteiger charge is 2.31. The molecule has 30 heavy (non-hydrogen) atoms. The molecule has 0 saturated heterocycles. The molecule has 2 aromatic heterocycles. The summed E-state index contributed by atoms with van der Waals surface area (Å²) in [6.45, 7) is 3.70. The molecule has 158 valence electrons. The molecule has 0 aliphatic heterocycles. The van der Waals surface area contributed by atoms with Gasteiger partial charge in [-0.3, -0.25) is 9.36 Å². The minimum absolute atomic E-state index is 0.0789. The largest absolute Gasteiger partial charge is 0.416 e. The van der Waals surface area contributed by atoms with E-state index in [0.717, 1.165) is 35.3 Å². The van der Waals surface area contributed by atoms with Crippen LogP contribution in [-0.4, -0.2) is 36.4 Å². The van der Waals surface area contributed by atoms with Crippen molar-refractivity contribution in [2.24, 2.45) is 5.73 Å². The van der Waals surface area contributed by atoms with Gasteiger partial charge in [0.1, 0.15) is 5.82 Å². The van der Waals surface area contributed by atoms with Crippen LogP contribution in [0.15, 0.2) is 40.6 Å². The predicted octanol–water partition coefficient (Wildman–Crippen LogP) is 3.56. The summed E-state index contributed by atoms with van der Waals surface area (Å²) < 4.78 is 41.0. The monoisotopic (exact) mass is 454 g/mol. The predicted molar refractivity (Wildman–Crippen MR) is 107 cm³/mol. The third-order valence-electron chi connectivity index (χ3n) is 3.77. The van der Waals surface area contributed by atoms with E-state index in [0.29, 0.717) is 11.0 Å². The van der Waals surface area contributed by atoms with Gasteiger partial charge in [0.2, 0.25) is 5.91 Å². The molecule has 0 bridgehead atoms. The molecule has 0 aliphatic carbocycles. The summed E-state index contributed by atoms with van der Waals surface area (Å²) in [5.74, 6) is 0.0143. The first-order valence-electron chi connectivity index (χ1n) is 8.61. The number of halogens is 3. The van der Waals surface area contributed by atoms with Crippen LogP contribution in [0, 0.1) is 13.8 Å². The number of thioether (sulfide) groups is 2. The van der Waals surface area contributed by atoms with Crippen molar-refractivity contribution in [2.75, 3.05) is 5.75 Å². The summed E-state index contributed by atoms with van der Waals surface area (Å²) in [4.78, 5) is 19.8. The smallest absolute Gasteiger partial charge is 0.369 e. The van der Waals surface area contributed by atoms with E-state index in [2.05, 4.69) is 20.2 Å². The molecule has 0 radical (unpaired) electrons. The maximum atomic E-state index is 13.2. The molecule has 12 heteroatoms. The first-order valence-corrected chi connectivity index (χ1v) is 10.6. The van der Waals surface area contributed by atoms with Crippen LogP contribution in [0.4, 0.5) is 13.2 Å². The first kappa shape index (κ1) is 22.1. The third kappa shape index (κ3) is 5.51. The van der Waals surface area contributed by atoms with Crippen molar-refractivity contribution in [3.63, 3.8) is 0 Å². The fraction of sp³-hybridized carbons (Fsp3) is 0.278. The second kappa shape index (κ2) is 9.04. The van der Waals surface area contributed by atoms with E-state index in [9.17, 15) is 18.0 Å². The molecule has 0 unspecified atom stereocenters. The highest BCUT2D eigenvalue weighted by atomic mass is 32.2. The van der Waals surface area contributed by atoms with Gasteiger partial charge in [0.05, 0.1) is 22.8 Å². The Bertz CT molecular complexity index is 1050. The summed E-state index contributed by atoms with van der Waals surface area (Å²) in [5, 5.41) is 8.94. The summed E-state index contributed by atoms with van der Waals surface area (Å²) in [7, 11) is 0. The van der Waals surface area contributed by atoms with Crippen molar-refractivity contribution in [3.8, 4) is 5.69 Å². The number of benzene rings is 1. The lowest BCUT2D eigenvalue weighted by Gasteiger charge is -2.13. The van der Waals surface area contributed by atoms with Crippen LogP contribution in [0.1, 0.15) is 22.8 Å². The zero-order valence-corrected chi connectivity index (χ0v) is 17.6. The zero-order chi connectivity index (χ0) is 21.9. The van der Waals surface area contributed by atoms with E-state index in [1.165, 1.54) is 28.5 Å². The molecule has 2 N–H and O–H groups in total. The van der Waals surface area contributed by atoms with Crippen LogP contribution in [0.25, 0.3) is 5.69 Å². The topological polar surface area (TPSA) is 99.6 Å². The van der Waals surface area contributed by atoms with Gasteiger partial charge < -0.3 is 5.73 Å². The minimum atomic E-state index is -4.49. The average molecular weight is 455 g/mol. The molecule has 1 aromatic carbocycles. The second-order valence-electron chi connectivity index (χ2n) is 6.26. The van der Waals surface area contributed by atoms with Crippen molar-refractivity contribution in [2.45, 2.75) is 36.1 Å². The highest BCUT2D eigenvalue weighted by molar-refractivity contribution is 7.99. The van der Waals surface area contributed by atoms with Crippen molar-refractivity contribution >= 4 is 29.4 Å². The third-order valence-corrected chi connectivity index (χ3v) is 5.56. The molecule has 0 fully saturated rings. The SMILES string of the molecule is Cc1cc(C)nc(SCc2nnc(SCC(N)=O)n2-c2cccc(C(F)(F)F)c2)n1. The molecule has 0 atom stereocenters.